The summed E-state index contributed by atoms with van der Waals surface area (Å²) in [5.74, 6) is -0.351. The van der Waals surface area contributed by atoms with E-state index in [1.54, 1.807) is 16.0 Å². The Balaban J connectivity index is 1.19. The predicted octanol–water partition coefficient (Wildman–Crippen LogP) is 2.78. The van der Waals surface area contributed by atoms with Gasteiger partial charge in [0, 0.05) is 30.7 Å². The Morgan fingerprint density at radius 1 is 1.00 bits per heavy atom. The number of piperazine rings is 1. The molecule has 2 aliphatic rings. The Labute approximate surface area is 176 Å². The van der Waals surface area contributed by atoms with Crippen LogP contribution >= 0.6 is 22.7 Å². The zero-order valence-electron chi connectivity index (χ0n) is 15.6. The summed E-state index contributed by atoms with van der Waals surface area (Å²) in [6, 6.07) is 10.5. The van der Waals surface area contributed by atoms with Crippen molar-refractivity contribution in [1.82, 2.24) is 25.0 Å². The fourth-order valence-electron chi connectivity index (χ4n) is 3.92. The molecule has 0 unspecified atom stereocenters. The fourth-order valence-corrected chi connectivity index (χ4v) is 5.46. The minimum absolute atomic E-state index is 0.164. The van der Waals surface area contributed by atoms with E-state index in [2.05, 4.69) is 27.3 Å². The van der Waals surface area contributed by atoms with E-state index in [0.29, 0.717) is 25.6 Å². The van der Waals surface area contributed by atoms with E-state index < -0.39 is 11.8 Å². The number of nitrogens with zero attached hydrogens (tertiary/aromatic N) is 5. The van der Waals surface area contributed by atoms with Gasteiger partial charge in [0.25, 0.3) is 0 Å². The summed E-state index contributed by atoms with van der Waals surface area (Å²) in [4.78, 5) is 32.9. The molecule has 1 saturated carbocycles. The Kier molecular flexibility index (Phi) is 4.84. The van der Waals surface area contributed by atoms with Gasteiger partial charge in [-0.05, 0) is 24.3 Å². The summed E-state index contributed by atoms with van der Waals surface area (Å²) in [6.45, 7) is 1.43. The van der Waals surface area contributed by atoms with Crippen molar-refractivity contribution < 1.29 is 9.59 Å². The first kappa shape index (κ1) is 18.4. The van der Waals surface area contributed by atoms with Crippen LogP contribution in [-0.4, -0.2) is 55.9 Å². The Bertz CT molecular complexity index is 1010. The van der Waals surface area contributed by atoms with Crippen LogP contribution in [0.15, 0.2) is 41.9 Å². The molecule has 1 aromatic carbocycles. The molecule has 0 radical (unpaired) electrons. The molecule has 1 saturated heterocycles. The molecule has 9 heteroatoms. The zero-order valence-corrected chi connectivity index (χ0v) is 17.2. The third-order valence-electron chi connectivity index (χ3n) is 5.58. The minimum Gasteiger partial charge on any atom is -0.330 e. The number of thiazole rings is 1. The van der Waals surface area contributed by atoms with Gasteiger partial charge in [-0.1, -0.05) is 41.7 Å². The molecule has 148 valence electrons. The van der Waals surface area contributed by atoms with Gasteiger partial charge in [0.05, 0.1) is 6.54 Å². The van der Waals surface area contributed by atoms with Gasteiger partial charge >= 0.3 is 11.8 Å². The van der Waals surface area contributed by atoms with Gasteiger partial charge in [-0.25, -0.2) is 4.98 Å². The molecule has 5 rings (SSSR count). The number of hydrogen-bond acceptors (Lipinski definition) is 7. The summed E-state index contributed by atoms with van der Waals surface area (Å²) < 4.78 is 0. The number of hydrogen-bond donors (Lipinski definition) is 0. The first-order valence-electron chi connectivity index (χ1n) is 9.56. The predicted molar refractivity (Wildman–Crippen MR) is 110 cm³/mol. The third-order valence-corrected chi connectivity index (χ3v) is 7.40. The quantitative estimate of drug-likeness (QED) is 0.588. The van der Waals surface area contributed by atoms with E-state index >= 15 is 0 Å². The Morgan fingerprint density at radius 3 is 2.59 bits per heavy atom. The third kappa shape index (κ3) is 3.56. The lowest BCUT2D eigenvalue weighted by Crippen LogP contribution is -2.59. The number of rotatable bonds is 5. The van der Waals surface area contributed by atoms with Crippen molar-refractivity contribution in [3.63, 3.8) is 0 Å². The van der Waals surface area contributed by atoms with Crippen molar-refractivity contribution >= 4 is 34.5 Å². The lowest BCUT2D eigenvalue weighted by molar-refractivity contribution is -0.159. The minimum atomic E-state index is -0.439. The van der Waals surface area contributed by atoms with Gasteiger partial charge in [-0.15, -0.1) is 21.5 Å². The number of carbonyl (C=O) groups is 2. The van der Waals surface area contributed by atoms with Gasteiger partial charge in [0.1, 0.15) is 5.01 Å². The molecule has 3 heterocycles. The van der Waals surface area contributed by atoms with Crippen LogP contribution in [0.2, 0.25) is 0 Å². The molecule has 2 fully saturated rings. The van der Waals surface area contributed by atoms with Gasteiger partial charge in [-0.3, -0.25) is 9.59 Å². The van der Waals surface area contributed by atoms with Crippen LogP contribution in [0, 0.1) is 0 Å². The molecule has 0 spiro atoms. The molecular formula is C20H19N5O2S2. The molecule has 1 aliphatic heterocycles. The maximum atomic E-state index is 12.7. The molecule has 2 aromatic heterocycles. The highest BCUT2D eigenvalue weighted by Gasteiger charge is 2.42. The van der Waals surface area contributed by atoms with Crippen LogP contribution in [0.3, 0.4) is 0 Å². The number of aromatic nitrogens is 3. The van der Waals surface area contributed by atoms with Crippen LogP contribution in [0.25, 0.3) is 10.0 Å². The monoisotopic (exact) mass is 425 g/mol. The van der Waals surface area contributed by atoms with Gasteiger partial charge in [0.2, 0.25) is 0 Å². The van der Waals surface area contributed by atoms with Crippen molar-refractivity contribution in [3.05, 3.63) is 52.5 Å². The molecule has 29 heavy (non-hydrogen) atoms. The van der Waals surface area contributed by atoms with E-state index in [4.69, 9.17) is 0 Å². The number of benzene rings is 1. The van der Waals surface area contributed by atoms with Gasteiger partial charge < -0.3 is 9.80 Å². The number of amides is 2. The summed E-state index contributed by atoms with van der Waals surface area (Å²) in [6.07, 6.45) is 3.58. The molecule has 3 aromatic rings. The van der Waals surface area contributed by atoms with Crippen molar-refractivity contribution in [1.29, 1.82) is 0 Å². The van der Waals surface area contributed by atoms with E-state index in [0.717, 1.165) is 27.9 Å². The van der Waals surface area contributed by atoms with Crippen LogP contribution in [0.5, 0.6) is 0 Å². The fraction of sp³-hybridized carbons (Fsp3) is 0.350. The topological polar surface area (TPSA) is 79.3 Å². The van der Waals surface area contributed by atoms with Crippen LogP contribution in [0.4, 0.5) is 0 Å². The highest BCUT2D eigenvalue weighted by molar-refractivity contribution is 7.20. The highest BCUT2D eigenvalue weighted by atomic mass is 32.1. The van der Waals surface area contributed by atoms with Gasteiger partial charge in [-0.2, -0.15) is 0 Å². The molecule has 7 nitrogen and oxygen atoms in total. The maximum absolute atomic E-state index is 12.7. The molecular weight excluding hydrogens is 406 g/mol. The lowest BCUT2D eigenvalue weighted by atomic mass is 9.75. The van der Waals surface area contributed by atoms with Crippen molar-refractivity contribution in [2.75, 3.05) is 13.1 Å². The second-order valence-electron chi connectivity index (χ2n) is 7.30. The van der Waals surface area contributed by atoms with Crippen molar-refractivity contribution in [3.8, 4) is 10.0 Å². The van der Waals surface area contributed by atoms with E-state index in [1.165, 1.54) is 28.2 Å². The largest absolute Gasteiger partial charge is 0.330 e. The SMILES string of the molecule is O=C1C(=O)N(C2CC(c3ccccc3)C2)CCN1Cc1nnc(-c2nccs2)s1. The average molecular weight is 426 g/mol. The Hall–Kier alpha value is -2.65. The van der Waals surface area contributed by atoms with Gasteiger partial charge in [0.15, 0.2) is 10.0 Å². The highest BCUT2D eigenvalue weighted by Crippen LogP contribution is 2.40. The Morgan fingerprint density at radius 2 is 1.83 bits per heavy atom. The van der Waals surface area contributed by atoms with E-state index in [-0.39, 0.29) is 6.04 Å². The van der Waals surface area contributed by atoms with Crippen LogP contribution < -0.4 is 0 Å². The van der Waals surface area contributed by atoms with E-state index in [1.807, 2.05) is 23.6 Å². The first-order valence-corrected chi connectivity index (χ1v) is 11.3. The normalized spacial score (nSPS) is 22.1. The number of carbonyl (C=O) groups excluding carboxylic acids is 2. The maximum Gasteiger partial charge on any atom is 0.312 e. The molecule has 0 bridgehead atoms. The molecule has 0 N–H and O–H groups in total. The molecule has 1 aliphatic carbocycles. The first-order chi connectivity index (χ1) is 14.2. The second kappa shape index (κ2) is 7.64. The lowest BCUT2D eigenvalue weighted by Gasteiger charge is -2.45. The van der Waals surface area contributed by atoms with Crippen LogP contribution in [0.1, 0.15) is 29.3 Å². The smallest absolute Gasteiger partial charge is 0.312 e. The summed E-state index contributed by atoms with van der Waals surface area (Å²) in [7, 11) is 0. The average Bonchev–Trinajstić information content (AvgIpc) is 3.38. The summed E-state index contributed by atoms with van der Waals surface area (Å²) in [5, 5.41) is 12.5. The van der Waals surface area contributed by atoms with E-state index in [9.17, 15) is 9.59 Å². The molecule has 2 amide bonds. The molecule has 0 atom stereocenters. The standard InChI is InChI=1S/C20H19N5O2S2/c26-19-20(27)25(15-10-14(11-15)13-4-2-1-3-5-13)8-7-24(19)12-16-22-23-18(29-16)17-21-6-9-28-17/h1-6,9,14-15H,7-8,10-12H2. The van der Waals surface area contributed by atoms with Crippen LogP contribution in [-0.2, 0) is 16.1 Å². The van der Waals surface area contributed by atoms with Crippen molar-refractivity contribution in [2.45, 2.75) is 31.3 Å². The summed E-state index contributed by atoms with van der Waals surface area (Å²) in [5.41, 5.74) is 1.31. The second-order valence-corrected chi connectivity index (χ2v) is 9.25. The van der Waals surface area contributed by atoms with Crippen molar-refractivity contribution in [2.24, 2.45) is 0 Å². The summed E-state index contributed by atoms with van der Waals surface area (Å²) >= 11 is 2.92. The zero-order chi connectivity index (χ0) is 19.8.